The first kappa shape index (κ1) is 15.9. The van der Waals surface area contributed by atoms with Crippen LogP contribution in [0.5, 0.6) is 0 Å². The number of benzene rings is 1. The van der Waals surface area contributed by atoms with Crippen molar-refractivity contribution >= 4 is 11.8 Å². The van der Waals surface area contributed by atoms with Crippen LogP contribution in [0.25, 0.3) is 0 Å². The van der Waals surface area contributed by atoms with Crippen molar-refractivity contribution in [2.75, 3.05) is 26.7 Å². The van der Waals surface area contributed by atoms with Gasteiger partial charge in [0.1, 0.15) is 0 Å². The molecule has 3 heterocycles. The van der Waals surface area contributed by atoms with Crippen LogP contribution >= 0.6 is 0 Å². The molecule has 25 heavy (non-hydrogen) atoms. The van der Waals surface area contributed by atoms with Crippen molar-refractivity contribution in [3.05, 3.63) is 53.9 Å². The highest BCUT2D eigenvalue weighted by molar-refractivity contribution is 5.94. The zero-order chi connectivity index (χ0) is 17.4. The number of aromatic nitrogens is 2. The Balaban J connectivity index is 1.44. The second kappa shape index (κ2) is 6.35. The molecule has 2 atom stereocenters. The second-order valence-electron chi connectivity index (χ2n) is 7.04. The van der Waals surface area contributed by atoms with Gasteiger partial charge in [-0.2, -0.15) is 5.10 Å². The molecular formula is C19H22N4O2. The maximum atomic E-state index is 12.8. The first-order chi connectivity index (χ1) is 12.1. The fourth-order valence-corrected chi connectivity index (χ4v) is 3.88. The summed E-state index contributed by atoms with van der Waals surface area (Å²) in [7, 11) is 1.84. The first-order valence-electron chi connectivity index (χ1n) is 8.72. The van der Waals surface area contributed by atoms with Crippen molar-refractivity contribution in [1.29, 1.82) is 0 Å². The van der Waals surface area contributed by atoms with Crippen molar-refractivity contribution in [3.8, 4) is 0 Å². The van der Waals surface area contributed by atoms with E-state index in [0.29, 0.717) is 31.1 Å². The highest BCUT2D eigenvalue weighted by Crippen LogP contribution is 2.32. The predicted octanol–water partition coefficient (Wildman–Crippen LogP) is 1.48. The van der Waals surface area contributed by atoms with Crippen LogP contribution in [-0.2, 0) is 11.3 Å². The monoisotopic (exact) mass is 338 g/mol. The molecule has 2 aliphatic heterocycles. The maximum Gasteiger partial charge on any atom is 0.257 e. The SMILES string of the molecule is CN1CC[C@@H]2CN(C(=O)c3cnn(Cc4ccccc4)c3)C[C@@H]2C1=O. The molecule has 0 spiro atoms. The fraction of sp³-hybridized carbons (Fsp3) is 0.421. The smallest absolute Gasteiger partial charge is 0.257 e. The average Bonchev–Trinajstić information content (AvgIpc) is 3.26. The molecular weight excluding hydrogens is 316 g/mol. The standard InChI is InChI=1S/C19H22N4O2/c1-21-8-7-15-11-22(13-17(15)19(21)25)18(24)16-9-20-23(12-16)10-14-5-3-2-4-6-14/h2-6,9,12,15,17H,7-8,10-11,13H2,1H3/t15-,17+/m1/s1. The lowest BCUT2D eigenvalue weighted by molar-refractivity contribution is -0.137. The minimum absolute atomic E-state index is 0.0239. The van der Waals surface area contributed by atoms with E-state index in [9.17, 15) is 9.59 Å². The van der Waals surface area contributed by atoms with Crippen LogP contribution in [0.15, 0.2) is 42.7 Å². The summed E-state index contributed by atoms with van der Waals surface area (Å²) in [5, 5.41) is 4.32. The number of carbonyl (C=O) groups is 2. The summed E-state index contributed by atoms with van der Waals surface area (Å²) in [5.41, 5.74) is 1.74. The third-order valence-electron chi connectivity index (χ3n) is 5.32. The highest BCUT2D eigenvalue weighted by Gasteiger charge is 2.43. The summed E-state index contributed by atoms with van der Waals surface area (Å²) >= 11 is 0. The van der Waals surface area contributed by atoms with Gasteiger partial charge in [0, 0.05) is 32.9 Å². The zero-order valence-electron chi connectivity index (χ0n) is 14.3. The van der Waals surface area contributed by atoms with Crippen molar-refractivity contribution in [2.45, 2.75) is 13.0 Å². The molecule has 2 aromatic rings. The molecule has 0 unspecified atom stereocenters. The number of piperidine rings is 1. The van der Waals surface area contributed by atoms with Gasteiger partial charge >= 0.3 is 0 Å². The Morgan fingerprint density at radius 3 is 2.84 bits per heavy atom. The Labute approximate surface area is 147 Å². The third-order valence-corrected chi connectivity index (χ3v) is 5.32. The van der Waals surface area contributed by atoms with E-state index in [1.165, 1.54) is 0 Å². The van der Waals surface area contributed by atoms with Gasteiger partial charge in [-0.1, -0.05) is 30.3 Å². The van der Waals surface area contributed by atoms with Crippen LogP contribution in [0.2, 0.25) is 0 Å². The molecule has 2 saturated heterocycles. The number of rotatable bonds is 3. The number of likely N-dealkylation sites (tertiary alicyclic amines) is 2. The van der Waals surface area contributed by atoms with Gasteiger partial charge in [-0.05, 0) is 17.9 Å². The first-order valence-corrected chi connectivity index (χ1v) is 8.72. The molecule has 1 aromatic heterocycles. The number of fused-ring (bicyclic) bond motifs is 1. The number of hydrogen-bond donors (Lipinski definition) is 0. The molecule has 4 rings (SSSR count). The summed E-state index contributed by atoms with van der Waals surface area (Å²) < 4.78 is 1.78. The molecule has 0 N–H and O–H groups in total. The largest absolute Gasteiger partial charge is 0.345 e. The van der Waals surface area contributed by atoms with Crippen molar-refractivity contribution in [2.24, 2.45) is 11.8 Å². The molecule has 0 saturated carbocycles. The molecule has 0 aliphatic carbocycles. The van der Waals surface area contributed by atoms with Gasteiger partial charge in [0.25, 0.3) is 5.91 Å². The van der Waals surface area contributed by atoms with E-state index < -0.39 is 0 Å². The van der Waals surface area contributed by atoms with Crippen molar-refractivity contribution in [1.82, 2.24) is 19.6 Å². The van der Waals surface area contributed by atoms with Crippen molar-refractivity contribution < 1.29 is 9.59 Å². The van der Waals surface area contributed by atoms with Gasteiger partial charge in [0.15, 0.2) is 0 Å². The molecule has 2 amide bonds. The van der Waals surface area contributed by atoms with E-state index in [-0.39, 0.29) is 17.7 Å². The van der Waals surface area contributed by atoms with Gasteiger partial charge in [-0.3, -0.25) is 14.3 Å². The molecule has 0 radical (unpaired) electrons. The molecule has 0 bridgehead atoms. The third kappa shape index (κ3) is 3.04. The maximum absolute atomic E-state index is 12.8. The van der Waals surface area contributed by atoms with Gasteiger partial charge in [-0.25, -0.2) is 0 Å². The average molecular weight is 338 g/mol. The number of carbonyl (C=O) groups excluding carboxylic acids is 2. The van der Waals surface area contributed by atoms with E-state index in [1.54, 1.807) is 22.0 Å². The topological polar surface area (TPSA) is 58.4 Å². The fourth-order valence-electron chi connectivity index (χ4n) is 3.88. The van der Waals surface area contributed by atoms with Crippen molar-refractivity contribution in [3.63, 3.8) is 0 Å². The van der Waals surface area contributed by atoms with E-state index in [0.717, 1.165) is 18.5 Å². The molecule has 1 aromatic carbocycles. The Morgan fingerprint density at radius 1 is 1.24 bits per heavy atom. The zero-order valence-corrected chi connectivity index (χ0v) is 14.3. The molecule has 2 aliphatic rings. The van der Waals surface area contributed by atoms with E-state index in [2.05, 4.69) is 5.10 Å². The summed E-state index contributed by atoms with van der Waals surface area (Å²) in [5.74, 6) is 0.407. The molecule has 6 nitrogen and oxygen atoms in total. The normalized spacial score (nSPS) is 23.0. The van der Waals surface area contributed by atoms with Crippen LogP contribution in [0.3, 0.4) is 0 Å². The van der Waals surface area contributed by atoms with E-state index in [4.69, 9.17) is 0 Å². The molecule has 6 heteroatoms. The number of nitrogens with zero attached hydrogens (tertiary/aromatic N) is 4. The lowest BCUT2D eigenvalue weighted by Crippen LogP contribution is -2.42. The minimum Gasteiger partial charge on any atom is -0.345 e. The highest BCUT2D eigenvalue weighted by atomic mass is 16.2. The van der Waals surface area contributed by atoms with E-state index >= 15 is 0 Å². The number of amides is 2. The van der Waals surface area contributed by atoms with E-state index in [1.807, 2.05) is 42.3 Å². The Kier molecular flexibility index (Phi) is 4.03. The van der Waals surface area contributed by atoms with Crippen LogP contribution in [0.4, 0.5) is 0 Å². The van der Waals surface area contributed by atoms with Crippen LogP contribution in [-0.4, -0.2) is 58.1 Å². The summed E-state index contributed by atoms with van der Waals surface area (Å²) in [6, 6.07) is 10.0. The minimum atomic E-state index is -0.0398. The Hall–Kier alpha value is -2.63. The van der Waals surface area contributed by atoms with Crippen LogP contribution < -0.4 is 0 Å². The predicted molar refractivity (Wildman–Crippen MR) is 92.9 cm³/mol. The van der Waals surface area contributed by atoms with Gasteiger partial charge in [-0.15, -0.1) is 0 Å². The quantitative estimate of drug-likeness (QED) is 0.852. The lowest BCUT2D eigenvalue weighted by Gasteiger charge is -2.30. The molecule has 130 valence electrons. The Morgan fingerprint density at radius 2 is 2.04 bits per heavy atom. The van der Waals surface area contributed by atoms with Crippen LogP contribution in [0, 0.1) is 11.8 Å². The Bertz CT molecular complexity index is 786. The number of hydrogen-bond acceptors (Lipinski definition) is 3. The molecule has 2 fully saturated rings. The van der Waals surface area contributed by atoms with Crippen LogP contribution in [0.1, 0.15) is 22.3 Å². The second-order valence-corrected chi connectivity index (χ2v) is 7.04. The summed E-state index contributed by atoms with van der Waals surface area (Å²) in [6.45, 7) is 2.63. The lowest BCUT2D eigenvalue weighted by atomic mass is 9.88. The summed E-state index contributed by atoms with van der Waals surface area (Å²) in [4.78, 5) is 28.7. The van der Waals surface area contributed by atoms with Gasteiger partial charge in [0.05, 0.1) is 24.2 Å². The van der Waals surface area contributed by atoms with Gasteiger partial charge < -0.3 is 9.80 Å². The summed E-state index contributed by atoms with van der Waals surface area (Å²) in [6.07, 6.45) is 4.40. The van der Waals surface area contributed by atoms with Gasteiger partial charge in [0.2, 0.25) is 5.91 Å².